The molecule has 1 heterocycles. The zero-order chi connectivity index (χ0) is 26.7. The molecule has 1 aliphatic heterocycles. The fourth-order valence-corrected chi connectivity index (χ4v) is 6.61. The van der Waals surface area contributed by atoms with Gasteiger partial charge in [0, 0.05) is 12.6 Å². The first-order valence-electron chi connectivity index (χ1n) is 16.3. The Bertz CT molecular complexity index is 476. The zero-order valence-corrected chi connectivity index (χ0v) is 26.1. The Morgan fingerprint density at radius 3 is 1.83 bits per heavy atom. The van der Waals surface area contributed by atoms with Gasteiger partial charge in [-0.3, -0.25) is 0 Å². The molecule has 0 bridgehead atoms. The van der Waals surface area contributed by atoms with Gasteiger partial charge in [-0.1, -0.05) is 93.4 Å². The van der Waals surface area contributed by atoms with Crippen LogP contribution in [0, 0.1) is 10.8 Å². The maximum absolute atomic E-state index is 5.99. The lowest BCUT2D eigenvalue weighted by atomic mass is 9.64. The third-order valence-corrected chi connectivity index (χ3v) is 8.21. The van der Waals surface area contributed by atoms with Crippen LogP contribution in [0.1, 0.15) is 158 Å². The minimum Gasteiger partial charge on any atom is -0.378 e. The molecule has 3 fully saturated rings. The molecule has 0 spiro atoms. The third-order valence-electron chi connectivity index (χ3n) is 8.21. The molecule has 0 aromatic heterocycles. The van der Waals surface area contributed by atoms with Crippen LogP contribution in [0.3, 0.4) is 0 Å². The number of nitrogens with zero attached hydrogens (tertiary/aromatic N) is 1. The predicted octanol–water partition coefficient (Wildman–Crippen LogP) is 9.39. The largest absolute Gasteiger partial charge is 0.378 e. The minimum atomic E-state index is 0.457. The smallest absolute Gasteiger partial charge is 0.0585 e. The summed E-state index contributed by atoms with van der Waals surface area (Å²) in [7, 11) is 0. The van der Waals surface area contributed by atoms with Crippen molar-refractivity contribution >= 4 is 0 Å². The highest BCUT2D eigenvalue weighted by atomic mass is 16.5. The highest BCUT2D eigenvalue weighted by Gasteiger charge is 2.38. The van der Waals surface area contributed by atoms with Gasteiger partial charge in [0.25, 0.3) is 0 Å². The molecule has 2 saturated carbocycles. The third kappa shape index (κ3) is 17.4. The first kappa shape index (κ1) is 33.9. The molecule has 0 aromatic carbocycles. The number of unbranched alkanes of at least 4 members (excludes halogenated alkanes) is 3. The van der Waals surface area contributed by atoms with Crippen LogP contribution >= 0.6 is 0 Å². The van der Waals surface area contributed by atoms with Crippen molar-refractivity contribution in [1.29, 1.82) is 0 Å². The Balaban J connectivity index is 0.000000277. The van der Waals surface area contributed by atoms with E-state index in [2.05, 4.69) is 58.7 Å². The van der Waals surface area contributed by atoms with Gasteiger partial charge >= 0.3 is 0 Å². The van der Waals surface area contributed by atoms with Gasteiger partial charge in [-0.25, -0.2) is 0 Å². The van der Waals surface area contributed by atoms with E-state index in [4.69, 9.17) is 4.74 Å². The number of hydrogen-bond acceptors (Lipinski definition) is 3. The number of likely N-dealkylation sites (tertiary alicyclic amines) is 1. The monoisotopic (exact) mass is 509 g/mol. The number of ether oxygens (including phenoxy) is 1. The van der Waals surface area contributed by atoms with Crippen molar-refractivity contribution in [1.82, 2.24) is 10.2 Å². The maximum atomic E-state index is 5.99. The van der Waals surface area contributed by atoms with Gasteiger partial charge in [-0.15, -0.1) is 0 Å². The standard InChI is InChI=1S/C14H28O.C10H21N.C9H19N/c1-6-7-8-15-12-9-13(2,3)11-14(4,5)10-12;1-2-3-9-11-10-7-5-4-6-8-10;1-2-3-7-10-8-5-4-6-9-10/h12H,6-11H2,1-5H3;10-11H,2-9H2,1H3;2-9H2,1H3. The molecule has 1 saturated heterocycles. The fourth-order valence-electron chi connectivity index (χ4n) is 6.61. The molecule has 0 atom stereocenters. The summed E-state index contributed by atoms with van der Waals surface area (Å²) in [4.78, 5) is 2.60. The Morgan fingerprint density at radius 1 is 0.722 bits per heavy atom. The molecule has 1 N–H and O–H groups in total. The summed E-state index contributed by atoms with van der Waals surface area (Å²) in [6, 6.07) is 0.857. The molecule has 3 heteroatoms. The van der Waals surface area contributed by atoms with Gasteiger partial charge in [0.05, 0.1) is 6.10 Å². The second-order valence-electron chi connectivity index (χ2n) is 13.7. The highest BCUT2D eigenvalue weighted by molar-refractivity contribution is 4.89. The quantitative estimate of drug-likeness (QED) is 0.281. The predicted molar refractivity (Wildman–Crippen MR) is 161 cm³/mol. The van der Waals surface area contributed by atoms with E-state index >= 15 is 0 Å². The van der Waals surface area contributed by atoms with Crippen molar-refractivity contribution < 1.29 is 4.74 Å². The summed E-state index contributed by atoms with van der Waals surface area (Å²) in [5.41, 5.74) is 0.914. The number of rotatable bonds is 11. The molecule has 0 aromatic rings. The first-order chi connectivity index (χ1) is 17.2. The van der Waals surface area contributed by atoms with Crippen molar-refractivity contribution in [3.05, 3.63) is 0 Å². The summed E-state index contributed by atoms with van der Waals surface area (Å²) in [5.74, 6) is 0. The summed E-state index contributed by atoms with van der Waals surface area (Å²) in [6.45, 7) is 22.5. The van der Waals surface area contributed by atoms with Crippen LogP contribution in [0.25, 0.3) is 0 Å². The molecular weight excluding hydrogens is 440 g/mol. The molecule has 3 aliphatic rings. The molecule has 3 rings (SSSR count). The van der Waals surface area contributed by atoms with Gasteiger partial charge < -0.3 is 15.0 Å². The second-order valence-corrected chi connectivity index (χ2v) is 13.7. The highest BCUT2D eigenvalue weighted by Crippen LogP contribution is 2.46. The van der Waals surface area contributed by atoms with E-state index in [9.17, 15) is 0 Å². The van der Waals surface area contributed by atoms with Gasteiger partial charge in [0.15, 0.2) is 0 Å². The molecular formula is C33H68N2O. The molecule has 3 nitrogen and oxygen atoms in total. The lowest BCUT2D eigenvalue weighted by Crippen LogP contribution is -2.38. The number of piperidine rings is 1. The lowest BCUT2D eigenvalue weighted by molar-refractivity contribution is -0.0494. The molecule has 36 heavy (non-hydrogen) atoms. The van der Waals surface area contributed by atoms with Crippen LogP contribution in [-0.4, -0.2) is 49.8 Å². The van der Waals surface area contributed by atoms with Crippen LogP contribution in [0.4, 0.5) is 0 Å². The van der Waals surface area contributed by atoms with E-state index in [1.807, 2.05) is 0 Å². The van der Waals surface area contributed by atoms with Crippen LogP contribution in [0.5, 0.6) is 0 Å². The minimum absolute atomic E-state index is 0.457. The van der Waals surface area contributed by atoms with Crippen LogP contribution in [0.2, 0.25) is 0 Å². The van der Waals surface area contributed by atoms with Crippen molar-refractivity contribution in [3.8, 4) is 0 Å². The summed E-state index contributed by atoms with van der Waals surface area (Å²) in [6.07, 6.45) is 23.7. The van der Waals surface area contributed by atoms with E-state index in [0.29, 0.717) is 16.9 Å². The van der Waals surface area contributed by atoms with Crippen LogP contribution in [0.15, 0.2) is 0 Å². The molecule has 216 valence electrons. The van der Waals surface area contributed by atoms with Crippen molar-refractivity contribution in [3.63, 3.8) is 0 Å². The fraction of sp³-hybridized carbons (Fsp3) is 1.00. The normalized spacial score (nSPS) is 22.8. The van der Waals surface area contributed by atoms with Gasteiger partial charge in [-0.2, -0.15) is 0 Å². The number of nitrogens with one attached hydrogen (secondary N) is 1. The molecule has 0 unspecified atom stereocenters. The molecule has 0 radical (unpaired) electrons. The topological polar surface area (TPSA) is 24.5 Å². The van der Waals surface area contributed by atoms with E-state index in [-0.39, 0.29) is 0 Å². The van der Waals surface area contributed by atoms with Gasteiger partial charge in [-0.05, 0) is 101 Å². The van der Waals surface area contributed by atoms with E-state index in [1.54, 1.807) is 0 Å². The SMILES string of the molecule is CCCCN1CCCCC1.CCCCNC1CCCCC1.CCCCOC1CC(C)(C)CC(C)(C)C1. The molecule has 0 amide bonds. The van der Waals surface area contributed by atoms with Crippen molar-refractivity contribution in [2.24, 2.45) is 10.8 Å². The summed E-state index contributed by atoms with van der Waals surface area (Å²) >= 11 is 0. The Labute approximate surface area is 228 Å². The van der Waals surface area contributed by atoms with E-state index in [0.717, 1.165) is 12.6 Å². The zero-order valence-electron chi connectivity index (χ0n) is 26.1. The van der Waals surface area contributed by atoms with Crippen molar-refractivity contribution in [2.75, 3.05) is 32.8 Å². The first-order valence-corrected chi connectivity index (χ1v) is 16.3. The molecule has 2 aliphatic carbocycles. The number of hydrogen-bond donors (Lipinski definition) is 1. The Hall–Kier alpha value is -0.120. The second kappa shape index (κ2) is 19.9. The average Bonchev–Trinajstić information content (AvgIpc) is 2.83. The maximum Gasteiger partial charge on any atom is 0.0585 e. The van der Waals surface area contributed by atoms with E-state index < -0.39 is 0 Å². The Morgan fingerprint density at radius 2 is 1.28 bits per heavy atom. The summed E-state index contributed by atoms with van der Waals surface area (Å²) in [5, 5.41) is 3.62. The average molecular weight is 509 g/mol. The van der Waals surface area contributed by atoms with Crippen LogP contribution in [-0.2, 0) is 4.74 Å². The van der Waals surface area contributed by atoms with Crippen LogP contribution < -0.4 is 5.32 Å². The van der Waals surface area contributed by atoms with E-state index in [1.165, 1.54) is 135 Å². The van der Waals surface area contributed by atoms with Gasteiger partial charge in [0.2, 0.25) is 0 Å². The Kier molecular flexibility index (Phi) is 18.7. The van der Waals surface area contributed by atoms with Crippen molar-refractivity contribution in [2.45, 2.75) is 170 Å². The lowest BCUT2D eigenvalue weighted by Gasteiger charge is -2.44. The van der Waals surface area contributed by atoms with Gasteiger partial charge in [0.1, 0.15) is 0 Å². The summed E-state index contributed by atoms with van der Waals surface area (Å²) < 4.78 is 5.99.